The minimum absolute atomic E-state index is 0.213. The normalized spacial score (nSPS) is 13.1. The molecule has 0 heterocycles. The van der Waals surface area contributed by atoms with Crippen LogP contribution in [0.25, 0.3) is 0 Å². The molecule has 14 heavy (non-hydrogen) atoms. The summed E-state index contributed by atoms with van der Waals surface area (Å²) in [5.41, 5.74) is 0.213. The first-order valence-corrected chi connectivity index (χ1v) is 8.99. The van der Waals surface area contributed by atoms with Crippen LogP contribution in [0.3, 0.4) is 0 Å². The third-order valence-electron chi connectivity index (χ3n) is 2.54. The first kappa shape index (κ1) is 14.9. The van der Waals surface area contributed by atoms with E-state index in [2.05, 4.69) is 38.8 Å². The Labute approximate surface area is 104 Å². The minimum atomic E-state index is -2.80. The number of sulfone groups is 1. The summed E-state index contributed by atoms with van der Waals surface area (Å²) in [7, 11) is -2.80. The number of hydrogen-bond donors (Lipinski definition) is 0. The van der Waals surface area contributed by atoms with E-state index in [1.807, 2.05) is 0 Å². The molecule has 0 bridgehead atoms. The van der Waals surface area contributed by atoms with Crippen molar-refractivity contribution in [2.45, 2.75) is 26.2 Å². The molecule has 0 aliphatic carbocycles. The molecule has 0 saturated carbocycles. The Kier molecular flexibility index (Phi) is 6.90. The van der Waals surface area contributed by atoms with Gasteiger partial charge in [-0.2, -0.15) is 0 Å². The van der Waals surface area contributed by atoms with E-state index in [0.717, 1.165) is 29.9 Å². The van der Waals surface area contributed by atoms with Crippen LogP contribution in [0.2, 0.25) is 0 Å². The molecule has 86 valence electrons. The van der Waals surface area contributed by atoms with Crippen molar-refractivity contribution in [2.24, 2.45) is 5.41 Å². The summed E-state index contributed by atoms with van der Waals surface area (Å²) in [5.74, 6) is 0.300. The van der Waals surface area contributed by atoms with Crippen molar-refractivity contribution in [1.29, 1.82) is 0 Å². The van der Waals surface area contributed by atoms with E-state index in [1.165, 1.54) is 6.26 Å². The highest BCUT2D eigenvalue weighted by atomic mass is 79.9. The van der Waals surface area contributed by atoms with Crippen molar-refractivity contribution >= 4 is 41.7 Å². The summed E-state index contributed by atoms with van der Waals surface area (Å²) in [6.07, 6.45) is 4.06. The average molecular weight is 350 g/mol. The molecule has 0 amide bonds. The Balaban J connectivity index is 4.08. The van der Waals surface area contributed by atoms with Crippen LogP contribution in [0, 0.1) is 5.41 Å². The summed E-state index contributed by atoms with van der Waals surface area (Å²) in [5, 5.41) is 1.84. The van der Waals surface area contributed by atoms with Gasteiger partial charge in [0.2, 0.25) is 0 Å². The zero-order chi connectivity index (χ0) is 11.2. The molecular weight excluding hydrogens is 332 g/mol. The molecule has 0 aromatic carbocycles. The Morgan fingerprint density at radius 3 is 2.00 bits per heavy atom. The van der Waals surface area contributed by atoms with Crippen LogP contribution in [0.1, 0.15) is 26.2 Å². The second-order valence-electron chi connectivity index (χ2n) is 3.85. The van der Waals surface area contributed by atoms with Gasteiger partial charge in [-0.3, -0.25) is 0 Å². The van der Waals surface area contributed by atoms with Gasteiger partial charge in [-0.15, -0.1) is 0 Å². The molecule has 0 aliphatic heterocycles. The Bertz CT molecular complexity index is 237. The summed E-state index contributed by atoms with van der Waals surface area (Å²) >= 11 is 6.99. The molecule has 5 heteroatoms. The Hall–Kier alpha value is 0.910. The Morgan fingerprint density at radius 2 is 1.71 bits per heavy atom. The summed E-state index contributed by atoms with van der Waals surface area (Å²) in [6.45, 7) is 2.14. The zero-order valence-corrected chi connectivity index (χ0v) is 12.7. The maximum absolute atomic E-state index is 11.0. The van der Waals surface area contributed by atoms with E-state index >= 15 is 0 Å². The van der Waals surface area contributed by atoms with Crippen molar-refractivity contribution in [3.8, 4) is 0 Å². The van der Waals surface area contributed by atoms with Gasteiger partial charge in [-0.05, 0) is 24.7 Å². The molecule has 0 fully saturated rings. The fourth-order valence-corrected chi connectivity index (χ4v) is 4.20. The van der Waals surface area contributed by atoms with E-state index < -0.39 is 9.84 Å². The van der Waals surface area contributed by atoms with E-state index in [0.29, 0.717) is 5.75 Å². The lowest BCUT2D eigenvalue weighted by Gasteiger charge is -2.28. The van der Waals surface area contributed by atoms with E-state index in [1.54, 1.807) is 0 Å². The minimum Gasteiger partial charge on any atom is -0.229 e. The lowest BCUT2D eigenvalue weighted by Crippen LogP contribution is -2.24. The van der Waals surface area contributed by atoms with Gasteiger partial charge >= 0.3 is 0 Å². The maximum Gasteiger partial charge on any atom is 0.147 e. The van der Waals surface area contributed by atoms with Crippen molar-refractivity contribution in [2.75, 3.05) is 22.7 Å². The van der Waals surface area contributed by atoms with Crippen molar-refractivity contribution in [1.82, 2.24) is 0 Å². The van der Waals surface area contributed by atoms with Crippen LogP contribution in [-0.4, -0.2) is 31.1 Å². The molecule has 0 aliphatic rings. The molecule has 0 aromatic rings. The van der Waals surface area contributed by atoms with Gasteiger partial charge in [0.25, 0.3) is 0 Å². The summed E-state index contributed by atoms with van der Waals surface area (Å²) < 4.78 is 21.9. The topological polar surface area (TPSA) is 34.1 Å². The van der Waals surface area contributed by atoms with Gasteiger partial charge in [0.1, 0.15) is 9.84 Å². The van der Waals surface area contributed by atoms with Gasteiger partial charge in [-0.1, -0.05) is 38.8 Å². The van der Waals surface area contributed by atoms with E-state index in [9.17, 15) is 8.42 Å². The van der Waals surface area contributed by atoms with Gasteiger partial charge in [0, 0.05) is 22.7 Å². The SMILES string of the molecule is CCC(CBr)(CBr)CCCS(C)(=O)=O. The smallest absolute Gasteiger partial charge is 0.147 e. The lowest BCUT2D eigenvalue weighted by atomic mass is 9.85. The quantitative estimate of drug-likeness (QED) is 0.662. The van der Waals surface area contributed by atoms with Gasteiger partial charge in [0.15, 0.2) is 0 Å². The molecule has 0 spiro atoms. The number of halogens is 2. The first-order chi connectivity index (χ1) is 6.39. The molecule has 0 unspecified atom stereocenters. The summed E-state index contributed by atoms with van der Waals surface area (Å²) in [4.78, 5) is 0. The van der Waals surface area contributed by atoms with E-state index in [-0.39, 0.29) is 5.41 Å². The number of rotatable bonds is 7. The molecule has 0 rings (SSSR count). The van der Waals surface area contributed by atoms with Crippen molar-refractivity contribution in [3.05, 3.63) is 0 Å². The lowest BCUT2D eigenvalue weighted by molar-refractivity contribution is 0.341. The van der Waals surface area contributed by atoms with Gasteiger partial charge in [0.05, 0.1) is 0 Å². The Morgan fingerprint density at radius 1 is 1.21 bits per heavy atom. The fraction of sp³-hybridized carbons (Fsp3) is 1.00. The molecule has 0 N–H and O–H groups in total. The van der Waals surface area contributed by atoms with Crippen LogP contribution >= 0.6 is 31.9 Å². The average Bonchev–Trinajstić information content (AvgIpc) is 2.11. The maximum atomic E-state index is 11.0. The van der Waals surface area contributed by atoms with Crippen molar-refractivity contribution < 1.29 is 8.42 Å². The zero-order valence-electron chi connectivity index (χ0n) is 8.72. The summed E-state index contributed by atoms with van der Waals surface area (Å²) in [6, 6.07) is 0. The van der Waals surface area contributed by atoms with Crippen LogP contribution in [0.5, 0.6) is 0 Å². The third kappa shape index (κ3) is 5.71. The van der Waals surface area contributed by atoms with Gasteiger partial charge in [-0.25, -0.2) is 8.42 Å². The first-order valence-electron chi connectivity index (χ1n) is 4.69. The second kappa shape index (κ2) is 6.48. The molecular formula is C9H18Br2O2S. The molecule has 2 nitrogen and oxygen atoms in total. The third-order valence-corrected chi connectivity index (χ3v) is 5.95. The van der Waals surface area contributed by atoms with Crippen LogP contribution in [-0.2, 0) is 9.84 Å². The highest BCUT2D eigenvalue weighted by Crippen LogP contribution is 2.32. The standard InChI is InChI=1S/C9H18Br2O2S/c1-3-9(7-10,8-11)5-4-6-14(2,12)13/h3-8H2,1-2H3. The predicted octanol–water partition coefficient (Wildman–Crippen LogP) is 3.00. The molecule has 0 radical (unpaired) electrons. The highest BCUT2D eigenvalue weighted by molar-refractivity contribution is 9.09. The fourth-order valence-electron chi connectivity index (χ4n) is 1.24. The van der Waals surface area contributed by atoms with Crippen LogP contribution in [0.4, 0.5) is 0 Å². The second-order valence-corrected chi connectivity index (χ2v) is 7.24. The largest absolute Gasteiger partial charge is 0.229 e. The molecule has 0 atom stereocenters. The molecule has 0 aromatic heterocycles. The van der Waals surface area contributed by atoms with Gasteiger partial charge < -0.3 is 0 Å². The van der Waals surface area contributed by atoms with Crippen LogP contribution < -0.4 is 0 Å². The van der Waals surface area contributed by atoms with E-state index in [4.69, 9.17) is 0 Å². The van der Waals surface area contributed by atoms with Crippen molar-refractivity contribution in [3.63, 3.8) is 0 Å². The highest BCUT2D eigenvalue weighted by Gasteiger charge is 2.25. The molecule has 0 saturated heterocycles. The number of alkyl halides is 2. The number of hydrogen-bond acceptors (Lipinski definition) is 2. The van der Waals surface area contributed by atoms with Crippen LogP contribution in [0.15, 0.2) is 0 Å². The predicted molar refractivity (Wildman–Crippen MR) is 69.3 cm³/mol. The monoisotopic (exact) mass is 348 g/mol.